The molecule has 0 atom stereocenters. The zero-order valence-corrected chi connectivity index (χ0v) is 15.8. The van der Waals surface area contributed by atoms with Crippen molar-refractivity contribution in [3.63, 3.8) is 0 Å². The molecule has 0 spiro atoms. The van der Waals surface area contributed by atoms with Crippen LogP contribution in [0.25, 0.3) is 12.2 Å². The Kier molecular flexibility index (Phi) is 8.18. The highest BCUT2D eigenvalue weighted by molar-refractivity contribution is 5.87. The number of aliphatic hydroxyl groups is 1. The molecule has 1 N–H and O–H groups in total. The van der Waals surface area contributed by atoms with Crippen LogP contribution in [0.4, 0.5) is 0 Å². The van der Waals surface area contributed by atoms with Gasteiger partial charge in [0, 0.05) is 12.2 Å². The molecule has 0 bridgehead atoms. The molecule has 0 aliphatic heterocycles. The van der Waals surface area contributed by atoms with Gasteiger partial charge in [-0.2, -0.15) is 0 Å². The van der Waals surface area contributed by atoms with Crippen molar-refractivity contribution >= 4 is 24.1 Å². The minimum absolute atomic E-state index is 0.0723. The fourth-order valence-electron chi connectivity index (χ4n) is 2.18. The van der Waals surface area contributed by atoms with Crippen LogP contribution in [0.1, 0.15) is 18.1 Å². The first kappa shape index (κ1) is 21.1. The van der Waals surface area contributed by atoms with Crippen molar-refractivity contribution in [2.24, 2.45) is 5.41 Å². The average molecular weight is 380 g/mol. The minimum Gasteiger partial charge on any atom is -0.462 e. The van der Waals surface area contributed by atoms with Crippen LogP contribution in [0.5, 0.6) is 0 Å². The molecule has 0 amide bonds. The second kappa shape index (κ2) is 10.8. The summed E-state index contributed by atoms with van der Waals surface area (Å²) in [6, 6.07) is 18.7. The van der Waals surface area contributed by atoms with Crippen molar-refractivity contribution < 1.29 is 24.2 Å². The normalized spacial score (nSPS) is 11.6. The number of hydrogen-bond acceptors (Lipinski definition) is 5. The van der Waals surface area contributed by atoms with E-state index in [1.165, 1.54) is 12.2 Å². The summed E-state index contributed by atoms with van der Waals surface area (Å²) in [6.07, 6.45) is 5.93. The average Bonchev–Trinajstić information content (AvgIpc) is 2.75. The molecule has 146 valence electrons. The van der Waals surface area contributed by atoms with Gasteiger partial charge in [0.1, 0.15) is 13.2 Å². The second-order valence-corrected chi connectivity index (χ2v) is 6.67. The number of rotatable bonds is 9. The van der Waals surface area contributed by atoms with Crippen LogP contribution >= 0.6 is 0 Å². The molecule has 2 rings (SSSR count). The Labute approximate surface area is 164 Å². The maximum atomic E-state index is 11.9. The van der Waals surface area contributed by atoms with Crippen molar-refractivity contribution in [2.45, 2.75) is 6.92 Å². The van der Waals surface area contributed by atoms with Gasteiger partial charge in [0.15, 0.2) is 0 Å². The summed E-state index contributed by atoms with van der Waals surface area (Å²) in [5.41, 5.74) is 0.874. The Morgan fingerprint density at radius 1 is 0.821 bits per heavy atom. The molecule has 5 heteroatoms. The van der Waals surface area contributed by atoms with Crippen LogP contribution in [0, 0.1) is 5.41 Å². The predicted octanol–water partition coefficient (Wildman–Crippen LogP) is 3.50. The molecule has 28 heavy (non-hydrogen) atoms. The van der Waals surface area contributed by atoms with Crippen LogP contribution in [0.15, 0.2) is 72.8 Å². The van der Waals surface area contributed by atoms with Gasteiger partial charge in [0.05, 0.1) is 12.0 Å². The first-order valence-corrected chi connectivity index (χ1v) is 8.91. The maximum Gasteiger partial charge on any atom is 0.330 e. The van der Waals surface area contributed by atoms with Crippen LogP contribution in [-0.2, 0) is 19.1 Å². The second-order valence-electron chi connectivity index (χ2n) is 6.67. The smallest absolute Gasteiger partial charge is 0.330 e. The summed E-state index contributed by atoms with van der Waals surface area (Å²) in [4.78, 5) is 23.7. The lowest BCUT2D eigenvalue weighted by atomic mass is 9.94. The number of carbonyl (C=O) groups is 2. The highest BCUT2D eigenvalue weighted by Gasteiger charge is 2.27. The van der Waals surface area contributed by atoms with Gasteiger partial charge in [-0.05, 0) is 23.3 Å². The van der Waals surface area contributed by atoms with Crippen molar-refractivity contribution in [1.29, 1.82) is 0 Å². The van der Waals surface area contributed by atoms with Gasteiger partial charge in [-0.1, -0.05) is 67.6 Å². The monoisotopic (exact) mass is 380 g/mol. The summed E-state index contributed by atoms with van der Waals surface area (Å²) in [7, 11) is 0. The van der Waals surface area contributed by atoms with E-state index < -0.39 is 17.4 Å². The van der Waals surface area contributed by atoms with Gasteiger partial charge in [0.25, 0.3) is 0 Å². The van der Waals surface area contributed by atoms with Gasteiger partial charge in [-0.25, -0.2) is 9.59 Å². The van der Waals surface area contributed by atoms with Crippen LogP contribution in [0.2, 0.25) is 0 Å². The van der Waals surface area contributed by atoms with Gasteiger partial charge < -0.3 is 14.6 Å². The number of benzene rings is 2. The molecule has 2 aromatic carbocycles. The van der Waals surface area contributed by atoms with Crippen LogP contribution in [0.3, 0.4) is 0 Å². The Morgan fingerprint density at radius 2 is 1.21 bits per heavy atom. The third-order valence-corrected chi connectivity index (χ3v) is 3.93. The number of ether oxygens (including phenoxy) is 2. The van der Waals surface area contributed by atoms with Gasteiger partial charge >= 0.3 is 11.9 Å². The topological polar surface area (TPSA) is 72.8 Å². The molecule has 0 saturated carbocycles. The molecule has 0 unspecified atom stereocenters. The molecule has 0 radical (unpaired) electrons. The van der Waals surface area contributed by atoms with E-state index >= 15 is 0 Å². The Bertz CT molecular complexity index is 744. The van der Waals surface area contributed by atoms with E-state index in [2.05, 4.69) is 0 Å². The largest absolute Gasteiger partial charge is 0.462 e. The molecule has 0 aliphatic carbocycles. The molecule has 5 nitrogen and oxygen atoms in total. The van der Waals surface area contributed by atoms with Crippen molar-refractivity contribution in [3.8, 4) is 0 Å². The van der Waals surface area contributed by atoms with E-state index in [0.717, 1.165) is 11.1 Å². The SMILES string of the molecule is CC(CO)(COC(=O)/C=C/c1ccccc1)COC(=O)/C=C/c1ccccc1. The summed E-state index contributed by atoms with van der Waals surface area (Å²) < 4.78 is 10.4. The fraction of sp³-hybridized carbons (Fsp3) is 0.217. The van der Waals surface area contributed by atoms with Gasteiger partial charge in [0.2, 0.25) is 0 Å². The molecule has 0 aromatic heterocycles. The van der Waals surface area contributed by atoms with E-state index in [0.29, 0.717) is 0 Å². The molecule has 0 fully saturated rings. The highest BCUT2D eigenvalue weighted by atomic mass is 16.5. The fourth-order valence-corrected chi connectivity index (χ4v) is 2.18. The predicted molar refractivity (Wildman–Crippen MR) is 108 cm³/mol. The third kappa shape index (κ3) is 7.60. The van der Waals surface area contributed by atoms with E-state index in [1.807, 2.05) is 60.7 Å². The lowest BCUT2D eigenvalue weighted by molar-refractivity contribution is -0.148. The number of aliphatic hydroxyl groups excluding tert-OH is 1. The summed E-state index contributed by atoms with van der Waals surface area (Å²) in [6.45, 7) is 1.24. The standard InChI is InChI=1S/C23H24O5/c1-23(16-24,17-27-21(25)14-12-19-8-4-2-5-9-19)18-28-22(26)15-13-20-10-6-3-7-11-20/h2-15,24H,16-18H2,1H3/b14-12+,15-13+. The van der Waals surface area contributed by atoms with E-state index in [-0.39, 0.29) is 19.8 Å². The van der Waals surface area contributed by atoms with E-state index in [9.17, 15) is 14.7 Å². The first-order valence-electron chi connectivity index (χ1n) is 8.91. The molecular weight excluding hydrogens is 356 g/mol. The zero-order chi connectivity index (χ0) is 20.2. The van der Waals surface area contributed by atoms with Crippen LogP contribution < -0.4 is 0 Å². The molecule has 0 heterocycles. The quantitative estimate of drug-likeness (QED) is 0.532. The van der Waals surface area contributed by atoms with E-state index in [1.54, 1.807) is 19.1 Å². The molecule has 0 aliphatic rings. The first-order chi connectivity index (χ1) is 13.5. The van der Waals surface area contributed by atoms with Crippen molar-refractivity contribution in [1.82, 2.24) is 0 Å². The van der Waals surface area contributed by atoms with Gasteiger partial charge in [-0.3, -0.25) is 0 Å². The van der Waals surface area contributed by atoms with Crippen LogP contribution in [-0.4, -0.2) is 36.9 Å². The summed E-state index contributed by atoms with van der Waals surface area (Å²) in [5, 5.41) is 9.61. The maximum absolute atomic E-state index is 11.9. The number of esters is 2. The lowest BCUT2D eigenvalue weighted by Crippen LogP contribution is -2.34. The van der Waals surface area contributed by atoms with E-state index in [4.69, 9.17) is 9.47 Å². The van der Waals surface area contributed by atoms with Crippen molar-refractivity contribution in [2.75, 3.05) is 19.8 Å². The Balaban J connectivity index is 1.80. The summed E-state index contributed by atoms with van der Waals surface area (Å²) in [5.74, 6) is -1.06. The Morgan fingerprint density at radius 3 is 1.57 bits per heavy atom. The third-order valence-electron chi connectivity index (χ3n) is 3.93. The summed E-state index contributed by atoms with van der Waals surface area (Å²) >= 11 is 0. The number of hydrogen-bond donors (Lipinski definition) is 1. The molecular formula is C23H24O5. The minimum atomic E-state index is -0.882. The van der Waals surface area contributed by atoms with Gasteiger partial charge in [-0.15, -0.1) is 0 Å². The Hall–Kier alpha value is -3.18. The zero-order valence-electron chi connectivity index (χ0n) is 15.8. The highest BCUT2D eigenvalue weighted by Crippen LogP contribution is 2.17. The lowest BCUT2D eigenvalue weighted by Gasteiger charge is -2.25. The van der Waals surface area contributed by atoms with Crippen molar-refractivity contribution in [3.05, 3.63) is 83.9 Å². The molecule has 2 aromatic rings. The number of carbonyl (C=O) groups excluding carboxylic acids is 2. The molecule has 0 saturated heterocycles.